The molecule has 1 heterocycles. The number of nitrogens with zero attached hydrogens (tertiary/aromatic N) is 1. The molecule has 6 heteroatoms. The zero-order chi connectivity index (χ0) is 10.7. The Hall–Kier alpha value is -0.910. The maximum Gasteiger partial charge on any atom is 0.274 e. The summed E-state index contributed by atoms with van der Waals surface area (Å²) in [4.78, 5) is 3.73. The zero-order valence-corrected chi connectivity index (χ0v) is 8.96. The van der Waals surface area contributed by atoms with E-state index in [0.717, 1.165) is 0 Å². The van der Waals surface area contributed by atoms with E-state index in [0.29, 0.717) is 4.47 Å². The first kappa shape index (κ1) is 11.2. The van der Waals surface area contributed by atoms with Crippen LogP contribution in [-0.4, -0.2) is 17.5 Å². The number of halogens is 3. The molecule has 0 bridgehead atoms. The highest BCUT2D eigenvalue weighted by Gasteiger charge is 2.19. The van der Waals surface area contributed by atoms with Gasteiger partial charge in [-0.2, -0.15) is 0 Å². The zero-order valence-electron chi connectivity index (χ0n) is 7.38. The van der Waals surface area contributed by atoms with Gasteiger partial charge in [-0.3, -0.25) is 0 Å². The Morgan fingerprint density at radius 2 is 2.21 bits per heavy atom. The molecule has 1 unspecified atom stereocenters. The predicted octanol–water partition coefficient (Wildman–Crippen LogP) is 2.46. The molecule has 0 spiro atoms. The first-order chi connectivity index (χ1) is 6.52. The van der Waals surface area contributed by atoms with E-state index in [1.165, 1.54) is 13.1 Å². The molecule has 0 aliphatic carbocycles. The molecular weight excluding hydrogens is 258 g/mol. The Morgan fingerprint density at radius 1 is 1.57 bits per heavy atom. The van der Waals surface area contributed by atoms with E-state index in [1.807, 2.05) is 0 Å². The second-order valence-electron chi connectivity index (χ2n) is 2.66. The molecule has 0 aliphatic heterocycles. The molecule has 1 atom stereocenters. The van der Waals surface area contributed by atoms with Gasteiger partial charge in [0.25, 0.3) is 6.43 Å². The number of aromatic nitrogens is 1. The maximum atomic E-state index is 12.2. The van der Waals surface area contributed by atoms with E-state index >= 15 is 0 Å². The summed E-state index contributed by atoms with van der Waals surface area (Å²) in [6.45, 7) is 1.27. The lowest BCUT2D eigenvalue weighted by Gasteiger charge is -2.15. The van der Waals surface area contributed by atoms with Crippen molar-refractivity contribution >= 4 is 21.7 Å². The van der Waals surface area contributed by atoms with Gasteiger partial charge in [-0.15, -0.1) is 0 Å². The van der Waals surface area contributed by atoms with E-state index in [2.05, 4.69) is 20.9 Å². The minimum Gasteiger partial charge on any atom is -0.480 e. The lowest BCUT2D eigenvalue weighted by Crippen LogP contribution is -2.22. The van der Waals surface area contributed by atoms with Crippen LogP contribution in [0.4, 0.5) is 14.6 Å². The van der Waals surface area contributed by atoms with Gasteiger partial charge < -0.3 is 10.5 Å². The summed E-state index contributed by atoms with van der Waals surface area (Å²) in [6.07, 6.45) is -2.31. The highest BCUT2D eigenvalue weighted by molar-refractivity contribution is 9.10. The normalized spacial score (nSPS) is 12.9. The molecule has 0 saturated heterocycles. The topological polar surface area (TPSA) is 48.1 Å². The van der Waals surface area contributed by atoms with Crippen LogP contribution >= 0.6 is 15.9 Å². The van der Waals surface area contributed by atoms with Gasteiger partial charge in [-0.1, -0.05) is 0 Å². The third-order valence-electron chi connectivity index (χ3n) is 1.54. The number of anilines is 1. The van der Waals surface area contributed by atoms with Crippen LogP contribution in [0.1, 0.15) is 6.92 Å². The Kier molecular flexibility index (Phi) is 3.62. The summed E-state index contributed by atoms with van der Waals surface area (Å²) in [5.74, 6) is 0.243. The van der Waals surface area contributed by atoms with Crippen molar-refractivity contribution in [2.75, 3.05) is 5.73 Å². The van der Waals surface area contributed by atoms with E-state index in [4.69, 9.17) is 10.5 Å². The Balaban J connectivity index is 2.85. The molecule has 3 nitrogen and oxygen atoms in total. The molecule has 0 aliphatic rings. The van der Waals surface area contributed by atoms with Gasteiger partial charge in [0.1, 0.15) is 0 Å². The monoisotopic (exact) mass is 266 g/mol. The van der Waals surface area contributed by atoms with Gasteiger partial charge >= 0.3 is 0 Å². The minimum atomic E-state index is -2.55. The van der Waals surface area contributed by atoms with Crippen LogP contribution in [0.3, 0.4) is 0 Å². The number of hydrogen-bond acceptors (Lipinski definition) is 3. The summed E-state index contributed by atoms with van der Waals surface area (Å²) >= 11 is 3.13. The molecular formula is C8H9BrF2N2O. The molecule has 2 N–H and O–H groups in total. The van der Waals surface area contributed by atoms with Crippen LogP contribution in [0.15, 0.2) is 16.7 Å². The number of pyridine rings is 1. The highest BCUT2D eigenvalue weighted by atomic mass is 79.9. The van der Waals surface area contributed by atoms with Crippen LogP contribution in [0.25, 0.3) is 0 Å². The number of nitrogens with two attached hydrogens (primary N) is 1. The van der Waals surface area contributed by atoms with Crippen LogP contribution in [0.2, 0.25) is 0 Å². The fourth-order valence-corrected chi connectivity index (χ4v) is 1.21. The van der Waals surface area contributed by atoms with Gasteiger partial charge in [0.15, 0.2) is 17.7 Å². The predicted molar refractivity (Wildman–Crippen MR) is 52.4 cm³/mol. The summed E-state index contributed by atoms with van der Waals surface area (Å²) < 4.78 is 29.8. The van der Waals surface area contributed by atoms with Gasteiger partial charge in [-0.05, 0) is 28.9 Å². The van der Waals surface area contributed by atoms with Crippen molar-refractivity contribution in [1.29, 1.82) is 0 Å². The first-order valence-corrected chi connectivity index (χ1v) is 4.66. The third kappa shape index (κ3) is 2.54. The molecule has 78 valence electrons. The van der Waals surface area contributed by atoms with Gasteiger partial charge in [0.05, 0.1) is 4.47 Å². The average Bonchev–Trinajstić information content (AvgIpc) is 2.11. The van der Waals surface area contributed by atoms with Gasteiger partial charge in [0.2, 0.25) is 0 Å². The van der Waals surface area contributed by atoms with Crippen LogP contribution in [0, 0.1) is 0 Å². The summed E-state index contributed by atoms with van der Waals surface area (Å²) in [5, 5.41) is 0. The van der Waals surface area contributed by atoms with Crippen LogP contribution < -0.4 is 10.5 Å². The number of alkyl halides is 2. The fourth-order valence-electron chi connectivity index (χ4n) is 0.794. The summed E-state index contributed by atoms with van der Waals surface area (Å²) in [5.41, 5.74) is 5.46. The van der Waals surface area contributed by atoms with Crippen molar-refractivity contribution < 1.29 is 13.5 Å². The Labute approximate surface area is 88.4 Å². The largest absolute Gasteiger partial charge is 0.480 e. The molecule has 0 saturated carbocycles. The lowest BCUT2D eigenvalue weighted by atomic mass is 10.4. The molecule has 1 aromatic rings. The highest BCUT2D eigenvalue weighted by Crippen LogP contribution is 2.30. The average molecular weight is 267 g/mol. The molecule has 1 rings (SSSR count). The SMILES string of the molecule is CC(Oc1c(Br)ccnc1N)C(F)F. The Morgan fingerprint density at radius 3 is 2.71 bits per heavy atom. The Bertz CT molecular complexity index is 302. The summed E-state index contributed by atoms with van der Waals surface area (Å²) in [6, 6.07) is 1.57. The van der Waals surface area contributed by atoms with Crippen LogP contribution in [0.5, 0.6) is 5.75 Å². The molecule has 0 radical (unpaired) electrons. The number of rotatable bonds is 3. The summed E-state index contributed by atoms with van der Waals surface area (Å²) in [7, 11) is 0. The first-order valence-electron chi connectivity index (χ1n) is 3.87. The molecule has 0 aromatic carbocycles. The number of nitrogen functional groups attached to an aromatic ring is 1. The quantitative estimate of drug-likeness (QED) is 0.915. The second-order valence-corrected chi connectivity index (χ2v) is 3.52. The van der Waals surface area contributed by atoms with E-state index in [-0.39, 0.29) is 11.6 Å². The molecule has 1 aromatic heterocycles. The van der Waals surface area contributed by atoms with Crippen molar-refractivity contribution in [3.8, 4) is 5.75 Å². The minimum absolute atomic E-state index is 0.0897. The maximum absolute atomic E-state index is 12.2. The van der Waals surface area contributed by atoms with Gasteiger partial charge in [-0.25, -0.2) is 13.8 Å². The van der Waals surface area contributed by atoms with Crippen LogP contribution in [-0.2, 0) is 0 Å². The van der Waals surface area contributed by atoms with Gasteiger partial charge in [0, 0.05) is 6.20 Å². The van der Waals surface area contributed by atoms with Crippen molar-refractivity contribution in [2.24, 2.45) is 0 Å². The smallest absolute Gasteiger partial charge is 0.274 e. The van der Waals surface area contributed by atoms with Crippen molar-refractivity contribution in [1.82, 2.24) is 4.98 Å². The third-order valence-corrected chi connectivity index (χ3v) is 2.17. The fraction of sp³-hybridized carbons (Fsp3) is 0.375. The standard InChI is InChI=1S/C8H9BrF2N2O/c1-4(7(10)11)14-6-5(9)2-3-13-8(6)12/h2-4,7H,1H3,(H2,12,13). The van der Waals surface area contributed by atoms with E-state index in [1.54, 1.807) is 6.07 Å². The lowest BCUT2D eigenvalue weighted by molar-refractivity contribution is 0.0225. The van der Waals surface area contributed by atoms with E-state index < -0.39 is 12.5 Å². The second kappa shape index (κ2) is 4.54. The molecule has 0 fully saturated rings. The molecule has 0 amide bonds. The molecule has 14 heavy (non-hydrogen) atoms. The van der Waals surface area contributed by atoms with Crippen molar-refractivity contribution in [2.45, 2.75) is 19.5 Å². The van der Waals surface area contributed by atoms with Crippen molar-refractivity contribution in [3.05, 3.63) is 16.7 Å². The number of ether oxygens (including phenoxy) is 1. The number of hydrogen-bond donors (Lipinski definition) is 1. The van der Waals surface area contributed by atoms with Crippen molar-refractivity contribution in [3.63, 3.8) is 0 Å². The van der Waals surface area contributed by atoms with E-state index in [9.17, 15) is 8.78 Å².